The lowest BCUT2D eigenvalue weighted by atomic mass is 9.76. The van der Waals surface area contributed by atoms with Gasteiger partial charge in [-0.1, -0.05) is 48.9 Å². The number of anilines is 1. The van der Waals surface area contributed by atoms with Gasteiger partial charge in [0.25, 0.3) is 0 Å². The molecule has 3 heterocycles. The second kappa shape index (κ2) is 7.19. The molecule has 0 spiro atoms. The average molecular weight is 402 g/mol. The van der Waals surface area contributed by atoms with Gasteiger partial charge in [-0.3, -0.25) is 4.79 Å². The topological polar surface area (TPSA) is 64.1 Å². The van der Waals surface area contributed by atoms with Crippen molar-refractivity contribution in [2.24, 2.45) is 11.3 Å². The van der Waals surface area contributed by atoms with Crippen molar-refractivity contribution in [2.75, 3.05) is 18.5 Å². The second-order valence-corrected chi connectivity index (χ2v) is 8.89. The van der Waals surface area contributed by atoms with Gasteiger partial charge in [-0.2, -0.15) is 0 Å². The summed E-state index contributed by atoms with van der Waals surface area (Å²) in [5.74, 6) is -0.0607. The number of halogens is 1. The van der Waals surface area contributed by atoms with Crippen molar-refractivity contribution in [3.63, 3.8) is 0 Å². The van der Waals surface area contributed by atoms with Crippen LogP contribution in [0.1, 0.15) is 20.3 Å². The van der Waals surface area contributed by atoms with E-state index in [0.29, 0.717) is 23.5 Å². The van der Waals surface area contributed by atoms with E-state index in [1.54, 1.807) is 12.4 Å². The van der Waals surface area contributed by atoms with Gasteiger partial charge in [0.15, 0.2) is 5.13 Å². The van der Waals surface area contributed by atoms with Gasteiger partial charge in [0.05, 0.1) is 11.5 Å². The van der Waals surface area contributed by atoms with Crippen molar-refractivity contribution in [1.82, 2.24) is 9.97 Å². The van der Waals surface area contributed by atoms with Crippen molar-refractivity contribution in [2.45, 2.75) is 20.3 Å². The van der Waals surface area contributed by atoms with E-state index in [0.717, 1.165) is 27.6 Å². The van der Waals surface area contributed by atoms with E-state index in [4.69, 9.17) is 16.3 Å². The molecular formula is C20H20ClN3O2S. The van der Waals surface area contributed by atoms with Crippen LogP contribution in [0.5, 0.6) is 0 Å². The minimum atomic E-state index is -0.173. The third-order valence-corrected chi connectivity index (χ3v) is 6.16. The number of carbonyl (C=O) groups excluding carboxylic acids is 1. The number of ether oxygens (including phenoxy) is 1. The van der Waals surface area contributed by atoms with Crippen molar-refractivity contribution < 1.29 is 9.53 Å². The van der Waals surface area contributed by atoms with Gasteiger partial charge < -0.3 is 10.1 Å². The summed E-state index contributed by atoms with van der Waals surface area (Å²) in [5.41, 5.74) is 0.864. The number of hydrogen-bond donors (Lipinski definition) is 1. The van der Waals surface area contributed by atoms with Gasteiger partial charge >= 0.3 is 0 Å². The molecule has 3 aromatic rings. The van der Waals surface area contributed by atoms with Crippen LogP contribution >= 0.6 is 22.9 Å². The molecular weight excluding hydrogens is 382 g/mol. The first kappa shape index (κ1) is 18.3. The predicted octanol–water partition coefficient (Wildman–Crippen LogP) is 5.01. The molecule has 1 aliphatic rings. The molecule has 1 N–H and O–H groups in total. The third-order valence-electron chi connectivity index (χ3n) is 4.99. The summed E-state index contributed by atoms with van der Waals surface area (Å²) < 4.78 is 5.51. The zero-order valence-electron chi connectivity index (χ0n) is 15.2. The number of hydrogen-bond acceptors (Lipinski definition) is 5. The molecule has 2 aromatic heterocycles. The second-order valence-electron chi connectivity index (χ2n) is 7.47. The van der Waals surface area contributed by atoms with Crippen LogP contribution < -0.4 is 5.32 Å². The Labute approximate surface area is 166 Å². The minimum absolute atomic E-state index is 0.0144. The van der Waals surface area contributed by atoms with E-state index in [9.17, 15) is 4.79 Å². The molecule has 27 heavy (non-hydrogen) atoms. The number of aromatic nitrogens is 2. The number of nitrogens with one attached hydrogen (secondary N) is 1. The van der Waals surface area contributed by atoms with Crippen LogP contribution in [-0.4, -0.2) is 29.1 Å². The van der Waals surface area contributed by atoms with Crippen LogP contribution in [0.4, 0.5) is 5.13 Å². The Morgan fingerprint density at radius 3 is 2.93 bits per heavy atom. The first-order valence-electron chi connectivity index (χ1n) is 8.82. The van der Waals surface area contributed by atoms with Crippen LogP contribution in [-0.2, 0) is 9.53 Å². The Bertz CT molecular complexity index is 1000. The number of nitrogens with zero attached hydrogens (tertiary/aromatic N) is 2. The fraction of sp³-hybridized carbons (Fsp3) is 0.350. The summed E-state index contributed by atoms with van der Waals surface area (Å²) in [4.78, 5) is 22.2. The van der Waals surface area contributed by atoms with Crippen molar-refractivity contribution in [3.05, 3.63) is 41.8 Å². The molecule has 1 amide bonds. The van der Waals surface area contributed by atoms with Crippen molar-refractivity contribution in [1.29, 1.82) is 0 Å². The Morgan fingerprint density at radius 2 is 2.11 bits per heavy atom. The van der Waals surface area contributed by atoms with E-state index in [1.165, 1.54) is 11.3 Å². The largest absolute Gasteiger partial charge is 0.381 e. The van der Waals surface area contributed by atoms with Gasteiger partial charge in [-0.15, -0.1) is 0 Å². The Morgan fingerprint density at radius 1 is 1.26 bits per heavy atom. The highest BCUT2D eigenvalue weighted by Gasteiger charge is 2.38. The Kier molecular flexibility index (Phi) is 4.88. The maximum Gasteiger partial charge on any atom is 0.229 e. The lowest BCUT2D eigenvalue weighted by Gasteiger charge is -2.36. The van der Waals surface area contributed by atoms with E-state index in [1.807, 2.05) is 18.2 Å². The highest BCUT2D eigenvalue weighted by molar-refractivity contribution is 7.19. The number of benzene rings is 1. The molecule has 1 aromatic carbocycles. The average Bonchev–Trinajstić information content (AvgIpc) is 3.09. The molecule has 0 saturated carbocycles. The third kappa shape index (κ3) is 3.83. The van der Waals surface area contributed by atoms with Gasteiger partial charge in [0.1, 0.15) is 5.15 Å². The Hall–Kier alpha value is -2.02. The number of carbonyl (C=O) groups is 1. The Balaban J connectivity index is 1.54. The molecule has 1 saturated heterocycles. The number of amides is 1. The fourth-order valence-electron chi connectivity index (χ4n) is 3.44. The summed E-state index contributed by atoms with van der Waals surface area (Å²) in [6, 6.07) is 7.94. The van der Waals surface area contributed by atoms with E-state index in [2.05, 4.69) is 35.2 Å². The van der Waals surface area contributed by atoms with E-state index in [-0.39, 0.29) is 17.2 Å². The number of rotatable bonds is 3. The standard InChI is InChI=1S/C20H20ClN3O2S/c1-20(2)11-26-6-5-15(20)18(25)24-19-23-10-16(27-19)12-3-4-13-9-22-17(21)8-14(13)7-12/h3-4,7-10,15H,5-6,11H2,1-2H3,(H,23,24,25). The van der Waals surface area contributed by atoms with Crippen molar-refractivity contribution >= 4 is 44.7 Å². The molecule has 4 rings (SSSR count). The van der Waals surface area contributed by atoms with E-state index >= 15 is 0 Å². The SMILES string of the molecule is CC1(C)COCCC1C(=O)Nc1ncc(-c2ccc3cnc(Cl)cc3c2)s1. The first-order valence-corrected chi connectivity index (χ1v) is 10.0. The van der Waals surface area contributed by atoms with Crippen LogP contribution in [0.25, 0.3) is 21.2 Å². The molecule has 140 valence electrons. The molecule has 1 unspecified atom stereocenters. The summed E-state index contributed by atoms with van der Waals surface area (Å²) in [7, 11) is 0. The summed E-state index contributed by atoms with van der Waals surface area (Å²) in [5, 5.41) is 6.12. The normalized spacial score (nSPS) is 19.1. The lowest BCUT2D eigenvalue weighted by molar-refractivity contribution is -0.130. The lowest BCUT2D eigenvalue weighted by Crippen LogP contribution is -2.42. The molecule has 0 aliphatic carbocycles. The maximum atomic E-state index is 12.7. The van der Waals surface area contributed by atoms with E-state index < -0.39 is 0 Å². The first-order chi connectivity index (χ1) is 12.9. The molecule has 1 aliphatic heterocycles. The molecule has 0 radical (unpaired) electrons. The van der Waals surface area contributed by atoms with Crippen LogP contribution in [0.2, 0.25) is 5.15 Å². The monoisotopic (exact) mass is 401 g/mol. The predicted molar refractivity (Wildman–Crippen MR) is 109 cm³/mol. The maximum absolute atomic E-state index is 12.7. The molecule has 1 fully saturated rings. The van der Waals surface area contributed by atoms with Gasteiger partial charge in [-0.05, 0) is 34.9 Å². The zero-order chi connectivity index (χ0) is 19.0. The molecule has 5 nitrogen and oxygen atoms in total. The molecule has 1 atom stereocenters. The van der Waals surface area contributed by atoms with Crippen LogP contribution in [0.3, 0.4) is 0 Å². The van der Waals surface area contributed by atoms with Crippen molar-refractivity contribution in [3.8, 4) is 10.4 Å². The van der Waals surface area contributed by atoms with Crippen LogP contribution in [0, 0.1) is 11.3 Å². The molecule has 0 bridgehead atoms. The van der Waals surface area contributed by atoms with Crippen LogP contribution in [0.15, 0.2) is 36.7 Å². The van der Waals surface area contributed by atoms with Gasteiger partial charge in [0, 0.05) is 30.3 Å². The quantitative estimate of drug-likeness (QED) is 0.626. The summed E-state index contributed by atoms with van der Waals surface area (Å²) in [6.45, 7) is 5.36. The summed E-state index contributed by atoms with van der Waals surface area (Å²) >= 11 is 7.47. The number of thiazole rings is 1. The smallest absolute Gasteiger partial charge is 0.229 e. The zero-order valence-corrected chi connectivity index (χ0v) is 16.7. The molecule has 7 heteroatoms. The van der Waals surface area contributed by atoms with Gasteiger partial charge in [0.2, 0.25) is 5.91 Å². The highest BCUT2D eigenvalue weighted by atomic mass is 35.5. The summed E-state index contributed by atoms with van der Waals surface area (Å²) in [6.07, 6.45) is 4.28. The van der Waals surface area contributed by atoms with Gasteiger partial charge in [-0.25, -0.2) is 9.97 Å². The fourth-order valence-corrected chi connectivity index (χ4v) is 4.42. The number of fused-ring (bicyclic) bond motifs is 1. The highest BCUT2D eigenvalue weighted by Crippen LogP contribution is 2.36. The minimum Gasteiger partial charge on any atom is -0.381 e. The number of pyridine rings is 1.